The van der Waals surface area contributed by atoms with Crippen molar-refractivity contribution in [3.05, 3.63) is 65.2 Å². The van der Waals surface area contributed by atoms with E-state index in [-0.39, 0.29) is 0 Å². The van der Waals surface area contributed by atoms with Gasteiger partial charge in [0.25, 0.3) is 0 Å². The van der Waals surface area contributed by atoms with E-state index in [0.29, 0.717) is 5.76 Å². The Morgan fingerprint density at radius 2 is 2.00 bits per heavy atom. The molecule has 0 atom stereocenters. The molecular weight excluding hydrogens is 186 g/mol. The van der Waals surface area contributed by atoms with Crippen LogP contribution < -0.4 is 0 Å². The molecule has 2 heterocycles. The van der Waals surface area contributed by atoms with Crippen LogP contribution in [-0.4, -0.2) is 10.0 Å². The minimum atomic E-state index is 0.312. The third-order valence-corrected chi connectivity index (χ3v) is 2.74. The molecule has 1 aromatic rings. The quantitative estimate of drug-likeness (QED) is 0.691. The molecule has 15 heavy (non-hydrogen) atoms. The molecule has 2 nitrogen and oxygen atoms in total. The summed E-state index contributed by atoms with van der Waals surface area (Å²) in [7, 11) is 0. The summed E-state index contributed by atoms with van der Waals surface area (Å²) in [4.78, 5) is 2.05. The van der Waals surface area contributed by atoms with Gasteiger partial charge in [0, 0.05) is 18.4 Å². The van der Waals surface area contributed by atoms with Gasteiger partial charge in [-0.25, -0.2) is 0 Å². The van der Waals surface area contributed by atoms with Crippen molar-refractivity contribution in [2.45, 2.75) is 6.54 Å². The lowest BCUT2D eigenvalue weighted by Crippen LogP contribution is -2.21. The molecule has 74 valence electrons. The van der Waals surface area contributed by atoms with Gasteiger partial charge in [0.1, 0.15) is 5.76 Å². The van der Waals surface area contributed by atoms with Gasteiger partial charge < -0.3 is 10.0 Å². The minimum absolute atomic E-state index is 0.312. The van der Waals surface area contributed by atoms with E-state index in [9.17, 15) is 5.11 Å². The van der Waals surface area contributed by atoms with Crippen molar-refractivity contribution in [1.82, 2.24) is 4.90 Å². The average Bonchev–Trinajstić information content (AvgIpc) is 2.26. The van der Waals surface area contributed by atoms with Crippen LogP contribution in [0.3, 0.4) is 0 Å². The lowest BCUT2D eigenvalue weighted by atomic mass is 10.0. The first kappa shape index (κ1) is 8.36. The largest absolute Gasteiger partial charge is 0.506 e. The highest BCUT2D eigenvalue weighted by Crippen LogP contribution is 2.27. The standard InChI is InChI=1S/C13H11NO/c15-13-6-5-12-7-10-3-1-2-4-11(10)8-14(12)9-13/h1-7,9,15H,8H2. The predicted molar refractivity (Wildman–Crippen MR) is 59.8 cm³/mol. The van der Waals surface area contributed by atoms with Crippen molar-refractivity contribution in [3.8, 4) is 0 Å². The maximum atomic E-state index is 9.40. The highest BCUT2D eigenvalue weighted by Gasteiger charge is 2.16. The fourth-order valence-electron chi connectivity index (χ4n) is 1.97. The van der Waals surface area contributed by atoms with Crippen LogP contribution in [0.5, 0.6) is 0 Å². The van der Waals surface area contributed by atoms with Crippen molar-refractivity contribution in [2.24, 2.45) is 0 Å². The molecule has 0 radical (unpaired) electrons. The molecule has 1 aromatic carbocycles. The van der Waals surface area contributed by atoms with Crippen molar-refractivity contribution >= 4 is 6.08 Å². The normalized spacial score (nSPS) is 17.7. The van der Waals surface area contributed by atoms with Crippen LogP contribution >= 0.6 is 0 Å². The van der Waals surface area contributed by atoms with Gasteiger partial charge in [-0.2, -0.15) is 0 Å². The lowest BCUT2D eigenvalue weighted by molar-refractivity contribution is 0.382. The van der Waals surface area contributed by atoms with E-state index in [1.54, 1.807) is 12.3 Å². The summed E-state index contributed by atoms with van der Waals surface area (Å²) in [6.45, 7) is 0.830. The fraction of sp³-hybridized carbons (Fsp3) is 0.0769. The summed E-state index contributed by atoms with van der Waals surface area (Å²) < 4.78 is 0. The highest BCUT2D eigenvalue weighted by atomic mass is 16.3. The molecular formula is C13H11NO. The number of hydrogen-bond donors (Lipinski definition) is 1. The van der Waals surface area contributed by atoms with Gasteiger partial charge in [-0.05, 0) is 29.4 Å². The van der Waals surface area contributed by atoms with E-state index >= 15 is 0 Å². The summed E-state index contributed by atoms with van der Waals surface area (Å²) >= 11 is 0. The Balaban J connectivity index is 2.10. The molecule has 0 amide bonds. The molecule has 1 N–H and O–H groups in total. The molecule has 2 heteroatoms. The van der Waals surface area contributed by atoms with Crippen LogP contribution in [0, 0.1) is 0 Å². The number of benzene rings is 1. The van der Waals surface area contributed by atoms with Gasteiger partial charge in [-0.1, -0.05) is 24.3 Å². The van der Waals surface area contributed by atoms with Gasteiger partial charge in [-0.15, -0.1) is 0 Å². The molecule has 3 rings (SSSR count). The molecule has 0 spiro atoms. The summed E-state index contributed by atoms with van der Waals surface area (Å²) in [5.41, 5.74) is 3.69. The van der Waals surface area contributed by atoms with Gasteiger partial charge in [0.05, 0.1) is 0 Å². The Morgan fingerprint density at radius 3 is 2.93 bits per heavy atom. The summed E-state index contributed by atoms with van der Waals surface area (Å²) in [5.74, 6) is 0.312. The fourth-order valence-corrected chi connectivity index (χ4v) is 1.97. The van der Waals surface area contributed by atoms with Gasteiger partial charge >= 0.3 is 0 Å². The van der Waals surface area contributed by atoms with E-state index < -0.39 is 0 Å². The van der Waals surface area contributed by atoms with Crippen molar-refractivity contribution < 1.29 is 5.11 Å². The van der Waals surface area contributed by atoms with E-state index in [0.717, 1.165) is 12.2 Å². The van der Waals surface area contributed by atoms with E-state index in [4.69, 9.17) is 0 Å². The number of fused-ring (bicyclic) bond motifs is 2. The topological polar surface area (TPSA) is 23.5 Å². The number of allylic oxidation sites excluding steroid dienone is 2. The zero-order chi connectivity index (χ0) is 10.3. The second-order valence-corrected chi connectivity index (χ2v) is 3.78. The highest BCUT2D eigenvalue weighted by molar-refractivity contribution is 5.62. The SMILES string of the molecule is OC1=CN2Cc3ccccc3C=C2C=C1. The molecule has 2 aliphatic heterocycles. The van der Waals surface area contributed by atoms with Crippen LogP contribution in [0.2, 0.25) is 0 Å². The molecule has 0 bridgehead atoms. The number of hydrogen-bond acceptors (Lipinski definition) is 2. The first-order chi connectivity index (χ1) is 7.33. The maximum absolute atomic E-state index is 9.40. The molecule has 0 fully saturated rings. The Hall–Kier alpha value is -1.96. The van der Waals surface area contributed by atoms with Crippen LogP contribution in [0.4, 0.5) is 0 Å². The van der Waals surface area contributed by atoms with Crippen LogP contribution in [0.15, 0.2) is 54.1 Å². The zero-order valence-corrected chi connectivity index (χ0v) is 8.22. The molecule has 0 unspecified atom stereocenters. The van der Waals surface area contributed by atoms with Crippen molar-refractivity contribution in [3.63, 3.8) is 0 Å². The van der Waals surface area contributed by atoms with Gasteiger partial charge in [0.2, 0.25) is 0 Å². The van der Waals surface area contributed by atoms with Gasteiger partial charge in [-0.3, -0.25) is 0 Å². The Kier molecular flexibility index (Phi) is 1.68. The van der Waals surface area contributed by atoms with Crippen molar-refractivity contribution in [2.75, 3.05) is 0 Å². The Bertz CT molecular complexity index is 497. The second-order valence-electron chi connectivity index (χ2n) is 3.78. The summed E-state index contributed by atoms with van der Waals surface area (Å²) in [5, 5.41) is 9.40. The summed E-state index contributed by atoms with van der Waals surface area (Å²) in [6.07, 6.45) is 7.56. The third kappa shape index (κ3) is 1.34. The van der Waals surface area contributed by atoms with E-state index in [1.165, 1.54) is 11.1 Å². The molecule has 0 aliphatic carbocycles. The maximum Gasteiger partial charge on any atom is 0.131 e. The zero-order valence-electron chi connectivity index (χ0n) is 8.22. The monoisotopic (exact) mass is 197 g/mol. The van der Waals surface area contributed by atoms with Gasteiger partial charge in [0.15, 0.2) is 0 Å². The number of aliphatic hydroxyl groups is 1. The lowest BCUT2D eigenvalue weighted by Gasteiger charge is -2.29. The second kappa shape index (κ2) is 3.02. The molecule has 0 aromatic heterocycles. The van der Waals surface area contributed by atoms with Crippen LogP contribution in [0.25, 0.3) is 6.08 Å². The molecule has 0 saturated carbocycles. The first-order valence-corrected chi connectivity index (χ1v) is 4.98. The summed E-state index contributed by atoms with van der Waals surface area (Å²) in [6, 6.07) is 8.32. The number of aliphatic hydroxyl groups excluding tert-OH is 1. The minimum Gasteiger partial charge on any atom is -0.506 e. The smallest absolute Gasteiger partial charge is 0.131 e. The van der Waals surface area contributed by atoms with Crippen LogP contribution in [0.1, 0.15) is 11.1 Å². The van der Waals surface area contributed by atoms with Crippen molar-refractivity contribution in [1.29, 1.82) is 0 Å². The first-order valence-electron chi connectivity index (χ1n) is 4.98. The molecule has 2 aliphatic rings. The number of rotatable bonds is 0. The van der Waals surface area contributed by atoms with E-state index in [1.807, 2.05) is 18.2 Å². The van der Waals surface area contributed by atoms with E-state index in [2.05, 4.69) is 23.1 Å². The Labute approximate surface area is 88.5 Å². The molecule has 0 saturated heterocycles. The predicted octanol–water partition coefficient (Wildman–Crippen LogP) is 2.81. The third-order valence-electron chi connectivity index (χ3n) is 2.74. The van der Waals surface area contributed by atoms with Crippen LogP contribution in [-0.2, 0) is 6.54 Å². The number of nitrogens with zero attached hydrogens (tertiary/aromatic N) is 1. The Morgan fingerprint density at radius 1 is 1.13 bits per heavy atom. The average molecular weight is 197 g/mol.